The molecule has 0 heterocycles. The molecule has 0 atom stereocenters. The molecule has 1 amide bonds. The van der Waals surface area contributed by atoms with Gasteiger partial charge in [0.25, 0.3) is 5.91 Å². The number of nitrogens with one attached hydrogen (secondary N) is 1. The summed E-state index contributed by atoms with van der Waals surface area (Å²) in [6.07, 6.45) is 0.975. The average molecular weight is 480 g/mol. The normalized spacial score (nSPS) is 10.7. The van der Waals surface area contributed by atoms with Crippen molar-refractivity contribution in [2.45, 2.75) is 26.8 Å². The van der Waals surface area contributed by atoms with E-state index in [1.54, 1.807) is 26.4 Å². The van der Waals surface area contributed by atoms with Crippen LogP contribution in [0.1, 0.15) is 36.2 Å². The van der Waals surface area contributed by atoms with E-state index in [1.165, 1.54) is 0 Å². The van der Waals surface area contributed by atoms with Gasteiger partial charge in [0.15, 0.2) is 11.5 Å². The van der Waals surface area contributed by atoms with E-state index in [4.69, 9.17) is 18.9 Å². The number of hydrogen-bond acceptors (Lipinski definition) is 5. The van der Waals surface area contributed by atoms with Crippen molar-refractivity contribution in [2.75, 3.05) is 34.0 Å². The molecule has 0 aliphatic rings. The summed E-state index contributed by atoms with van der Waals surface area (Å²) in [6, 6.07) is 11.0. The summed E-state index contributed by atoms with van der Waals surface area (Å²) >= 11 is 3.41. The average Bonchev–Trinajstić information content (AvgIpc) is 2.73. The van der Waals surface area contributed by atoms with Crippen molar-refractivity contribution in [3.8, 4) is 17.2 Å². The van der Waals surface area contributed by atoms with Crippen LogP contribution in [0.25, 0.3) is 0 Å². The van der Waals surface area contributed by atoms with Gasteiger partial charge in [-0.2, -0.15) is 0 Å². The third kappa shape index (κ3) is 7.54. The summed E-state index contributed by atoms with van der Waals surface area (Å²) < 4.78 is 22.7. The first-order valence-electron chi connectivity index (χ1n) is 9.93. The second-order valence-corrected chi connectivity index (χ2v) is 8.10. The van der Waals surface area contributed by atoms with E-state index >= 15 is 0 Å². The lowest BCUT2D eigenvalue weighted by Gasteiger charge is -2.14. The number of benzene rings is 2. The molecule has 7 heteroatoms. The summed E-state index contributed by atoms with van der Waals surface area (Å²) in [6.45, 7) is 6.12. The zero-order valence-corrected chi connectivity index (χ0v) is 19.6. The van der Waals surface area contributed by atoms with Crippen LogP contribution in [0.5, 0.6) is 17.2 Å². The number of hydrogen-bond donors (Lipinski definition) is 1. The Morgan fingerprint density at radius 3 is 2.40 bits per heavy atom. The summed E-state index contributed by atoms with van der Waals surface area (Å²) in [5.41, 5.74) is 1.37. The van der Waals surface area contributed by atoms with Crippen molar-refractivity contribution in [1.82, 2.24) is 5.32 Å². The van der Waals surface area contributed by atoms with Gasteiger partial charge in [0, 0.05) is 18.1 Å². The summed E-state index contributed by atoms with van der Waals surface area (Å²) in [7, 11) is 3.21. The van der Waals surface area contributed by atoms with Crippen molar-refractivity contribution in [3.63, 3.8) is 0 Å². The Morgan fingerprint density at radius 1 is 0.967 bits per heavy atom. The second-order valence-electron chi connectivity index (χ2n) is 7.18. The molecule has 1 N–H and O–H groups in total. The zero-order valence-electron chi connectivity index (χ0n) is 18.0. The van der Waals surface area contributed by atoms with E-state index in [0.717, 1.165) is 16.5 Å². The highest BCUT2D eigenvalue weighted by Gasteiger charge is 2.14. The van der Waals surface area contributed by atoms with Crippen LogP contribution in [0, 0.1) is 5.92 Å². The van der Waals surface area contributed by atoms with Crippen molar-refractivity contribution >= 4 is 21.8 Å². The fourth-order valence-electron chi connectivity index (χ4n) is 2.66. The van der Waals surface area contributed by atoms with E-state index in [0.29, 0.717) is 55.1 Å². The summed E-state index contributed by atoms with van der Waals surface area (Å²) in [5, 5.41) is 2.93. The highest BCUT2D eigenvalue weighted by Crippen LogP contribution is 2.29. The van der Waals surface area contributed by atoms with Gasteiger partial charge in [0.1, 0.15) is 12.4 Å². The highest BCUT2D eigenvalue weighted by molar-refractivity contribution is 9.10. The smallest absolute Gasteiger partial charge is 0.255 e. The number of methoxy groups -OCH3 is 2. The maximum absolute atomic E-state index is 12.8. The van der Waals surface area contributed by atoms with Gasteiger partial charge < -0.3 is 24.3 Å². The lowest BCUT2D eigenvalue weighted by Crippen LogP contribution is -2.24. The lowest BCUT2D eigenvalue weighted by atomic mass is 10.1. The Morgan fingerprint density at radius 2 is 1.70 bits per heavy atom. The van der Waals surface area contributed by atoms with E-state index < -0.39 is 0 Å². The van der Waals surface area contributed by atoms with Crippen LogP contribution >= 0.6 is 15.9 Å². The number of carbonyl (C=O) groups is 1. The molecule has 30 heavy (non-hydrogen) atoms. The van der Waals surface area contributed by atoms with E-state index in [2.05, 4.69) is 35.1 Å². The van der Waals surface area contributed by atoms with Gasteiger partial charge in [-0.05, 0) is 48.2 Å². The summed E-state index contributed by atoms with van der Waals surface area (Å²) in [5.74, 6) is 2.22. The number of carbonyl (C=O) groups excluding carboxylic acids is 1. The molecule has 164 valence electrons. The standard InChI is InChI=1S/C23H30BrNO5/c1-16(2)9-10-29-21-7-5-17(13-22(21)28-4)15-25-23(26)19-14-18(24)6-8-20(19)30-12-11-27-3/h5-8,13-14,16H,9-12,15H2,1-4H3,(H,25,26). The third-order valence-electron chi connectivity index (χ3n) is 4.37. The Hall–Kier alpha value is -2.25. The van der Waals surface area contributed by atoms with Gasteiger partial charge in [-0.3, -0.25) is 4.79 Å². The van der Waals surface area contributed by atoms with E-state index in [9.17, 15) is 4.79 Å². The molecule has 2 rings (SSSR count). The lowest BCUT2D eigenvalue weighted by molar-refractivity contribution is 0.0943. The van der Waals surface area contributed by atoms with Crippen LogP contribution in [-0.4, -0.2) is 39.9 Å². The van der Waals surface area contributed by atoms with Crippen LogP contribution in [0.4, 0.5) is 0 Å². The maximum atomic E-state index is 12.8. The Labute approximate surface area is 187 Å². The molecule has 0 spiro atoms. The van der Waals surface area contributed by atoms with Crippen molar-refractivity contribution in [1.29, 1.82) is 0 Å². The van der Waals surface area contributed by atoms with Crippen molar-refractivity contribution in [2.24, 2.45) is 5.92 Å². The second kappa shape index (κ2) is 12.4. The SMILES string of the molecule is COCCOc1ccc(Br)cc1C(=O)NCc1ccc(OCCC(C)C)c(OC)c1. The molecular formula is C23H30BrNO5. The van der Waals surface area contributed by atoms with Gasteiger partial charge in [-0.1, -0.05) is 35.8 Å². The number of halogens is 1. The number of rotatable bonds is 12. The van der Waals surface area contributed by atoms with E-state index in [1.807, 2.05) is 24.3 Å². The molecule has 0 unspecified atom stereocenters. The summed E-state index contributed by atoms with van der Waals surface area (Å²) in [4.78, 5) is 12.8. The van der Waals surface area contributed by atoms with Crippen LogP contribution in [0.2, 0.25) is 0 Å². The Kier molecular flexibility index (Phi) is 9.97. The topological polar surface area (TPSA) is 66.0 Å². The highest BCUT2D eigenvalue weighted by atomic mass is 79.9. The molecule has 0 aliphatic heterocycles. The molecule has 0 saturated heterocycles. The molecule has 0 radical (unpaired) electrons. The monoisotopic (exact) mass is 479 g/mol. The van der Waals surface area contributed by atoms with Crippen molar-refractivity contribution in [3.05, 3.63) is 52.0 Å². The Bertz CT molecular complexity index is 825. The van der Waals surface area contributed by atoms with Gasteiger partial charge in [-0.25, -0.2) is 0 Å². The first kappa shape index (κ1) is 24.0. The molecule has 0 fully saturated rings. The molecule has 0 bridgehead atoms. The van der Waals surface area contributed by atoms with Gasteiger partial charge >= 0.3 is 0 Å². The molecule has 0 aromatic heterocycles. The molecule has 6 nitrogen and oxygen atoms in total. The number of ether oxygens (including phenoxy) is 4. The van der Waals surface area contributed by atoms with Gasteiger partial charge in [0.2, 0.25) is 0 Å². The molecule has 0 aliphatic carbocycles. The van der Waals surface area contributed by atoms with Crippen LogP contribution in [-0.2, 0) is 11.3 Å². The quantitative estimate of drug-likeness (QED) is 0.441. The molecular weight excluding hydrogens is 450 g/mol. The first-order valence-corrected chi connectivity index (χ1v) is 10.7. The maximum Gasteiger partial charge on any atom is 0.255 e. The number of amides is 1. The minimum absolute atomic E-state index is 0.222. The molecule has 2 aromatic rings. The van der Waals surface area contributed by atoms with Crippen LogP contribution in [0.15, 0.2) is 40.9 Å². The minimum Gasteiger partial charge on any atom is -0.493 e. The zero-order chi connectivity index (χ0) is 21.9. The fraction of sp³-hybridized carbons (Fsp3) is 0.435. The largest absolute Gasteiger partial charge is 0.493 e. The fourth-order valence-corrected chi connectivity index (χ4v) is 3.02. The van der Waals surface area contributed by atoms with E-state index in [-0.39, 0.29) is 5.91 Å². The van der Waals surface area contributed by atoms with Crippen LogP contribution < -0.4 is 19.5 Å². The van der Waals surface area contributed by atoms with Crippen LogP contribution in [0.3, 0.4) is 0 Å². The first-order chi connectivity index (χ1) is 14.4. The molecule has 2 aromatic carbocycles. The third-order valence-corrected chi connectivity index (χ3v) is 4.86. The molecule has 0 saturated carbocycles. The predicted molar refractivity (Wildman–Crippen MR) is 121 cm³/mol. The van der Waals surface area contributed by atoms with Crippen molar-refractivity contribution < 1.29 is 23.7 Å². The van der Waals surface area contributed by atoms with Gasteiger partial charge in [-0.15, -0.1) is 0 Å². The predicted octanol–water partition coefficient (Wildman–Crippen LogP) is 4.84. The van der Waals surface area contributed by atoms with Gasteiger partial charge in [0.05, 0.1) is 25.9 Å². The minimum atomic E-state index is -0.222. The Balaban J connectivity index is 2.02.